The quantitative estimate of drug-likeness (QED) is 0.820. The molecule has 1 aliphatic rings. The number of hydrogen-bond acceptors (Lipinski definition) is 3. The largest absolute Gasteiger partial charge is 0.314 e. The number of rotatable bonds is 7. The Morgan fingerprint density at radius 2 is 2.10 bits per heavy atom. The first kappa shape index (κ1) is 16.0. The van der Waals surface area contributed by atoms with E-state index < -0.39 is 0 Å². The van der Waals surface area contributed by atoms with Crippen molar-refractivity contribution >= 4 is 11.3 Å². The van der Waals surface area contributed by atoms with Gasteiger partial charge in [-0.3, -0.25) is 0 Å². The summed E-state index contributed by atoms with van der Waals surface area (Å²) in [5.41, 5.74) is 0. The number of nitrogens with zero attached hydrogens (tertiary/aromatic N) is 1. The molecule has 2 rings (SSSR count). The zero-order valence-corrected chi connectivity index (χ0v) is 14.1. The van der Waals surface area contributed by atoms with E-state index in [4.69, 9.17) is 0 Å². The van der Waals surface area contributed by atoms with Gasteiger partial charge in [-0.25, -0.2) is 0 Å². The second kappa shape index (κ2) is 8.16. The molecule has 0 saturated heterocycles. The maximum atomic E-state index is 3.68. The lowest BCUT2D eigenvalue weighted by Crippen LogP contribution is -2.44. The molecule has 0 spiro atoms. The second-order valence-electron chi connectivity index (χ2n) is 6.26. The Morgan fingerprint density at radius 3 is 2.70 bits per heavy atom. The van der Waals surface area contributed by atoms with Crippen molar-refractivity contribution in [2.45, 2.75) is 70.5 Å². The van der Waals surface area contributed by atoms with Crippen LogP contribution in [0.5, 0.6) is 0 Å². The van der Waals surface area contributed by atoms with Crippen LogP contribution >= 0.6 is 11.3 Å². The van der Waals surface area contributed by atoms with Crippen molar-refractivity contribution in [3.05, 3.63) is 22.4 Å². The van der Waals surface area contributed by atoms with Crippen molar-refractivity contribution in [1.82, 2.24) is 10.2 Å². The monoisotopic (exact) mass is 294 g/mol. The number of hydrogen-bond donors (Lipinski definition) is 1. The molecular formula is C17H30N2S. The maximum Gasteiger partial charge on any atom is 0.0115 e. The number of thiophene rings is 1. The molecule has 2 nitrogen and oxygen atoms in total. The van der Waals surface area contributed by atoms with Crippen molar-refractivity contribution in [3.63, 3.8) is 0 Å². The van der Waals surface area contributed by atoms with Crippen LogP contribution in [0.3, 0.4) is 0 Å². The lowest BCUT2D eigenvalue weighted by molar-refractivity contribution is 0.134. The minimum Gasteiger partial charge on any atom is -0.314 e. The van der Waals surface area contributed by atoms with E-state index in [1.807, 2.05) is 11.3 Å². The minimum atomic E-state index is 0.652. The van der Waals surface area contributed by atoms with E-state index in [9.17, 15) is 0 Å². The Morgan fingerprint density at radius 1 is 1.35 bits per heavy atom. The molecule has 1 unspecified atom stereocenters. The van der Waals surface area contributed by atoms with Crippen molar-refractivity contribution in [1.29, 1.82) is 0 Å². The third-order valence-corrected chi connectivity index (χ3v) is 5.63. The molecule has 1 atom stereocenters. The van der Waals surface area contributed by atoms with Gasteiger partial charge in [0.2, 0.25) is 0 Å². The average Bonchev–Trinajstić information content (AvgIpc) is 2.97. The topological polar surface area (TPSA) is 15.3 Å². The van der Waals surface area contributed by atoms with Crippen molar-refractivity contribution < 1.29 is 0 Å². The van der Waals surface area contributed by atoms with Gasteiger partial charge in [0.1, 0.15) is 0 Å². The smallest absolute Gasteiger partial charge is 0.0115 e. The van der Waals surface area contributed by atoms with Gasteiger partial charge in [-0.1, -0.05) is 13.0 Å². The van der Waals surface area contributed by atoms with E-state index in [2.05, 4.69) is 48.6 Å². The van der Waals surface area contributed by atoms with Crippen LogP contribution < -0.4 is 5.32 Å². The molecule has 0 aliphatic heterocycles. The summed E-state index contributed by atoms with van der Waals surface area (Å²) in [5.74, 6) is 0. The third-order valence-electron chi connectivity index (χ3n) is 4.73. The Labute approximate surface area is 128 Å². The van der Waals surface area contributed by atoms with Crippen molar-refractivity contribution in [2.24, 2.45) is 0 Å². The zero-order chi connectivity index (χ0) is 14.4. The number of nitrogens with one attached hydrogen (secondary N) is 1. The molecule has 1 saturated carbocycles. The molecular weight excluding hydrogens is 264 g/mol. The summed E-state index contributed by atoms with van der Waals surface area (Å²) in [6.07, 6.45) is 7.85. The highest BCUT2D eigenvalue weighted by Gasteiger charge is 2.26. The lowest BCUT2D eigenvalue weighted by Gasteiger charge is -2.38. The highest BCUT2D eigenvalue weighted by Crippen LogP contribution is 2.25. The van der Waals surface area contributed by atoms with Gasteiger partial charge >= 0.3 is 0 Å². The highest BCUT2D eigenvalue weighted by molar-refractivity contribution is 7.09. The molecule has 114 valence electrons. The van der Waals surface area contributed by atoms with Crippen LogP contribution in [-0.2, 0) is 6.42 Å². The summed E-state index contributed by atoms with van der Waals surface area (Å²) in [6.45, 7) is 5.81. The maximum absolute atomic E-state index is 3.68. The average molecular weight is 295 g/mol. The van der Waals surface area contributed by atoms with Gasteiger partial charge in [-0.2, -0.15) is 0 Å². The molecule has 1 aliphatic carbocycles. The van der Waals surface area contributed by atoms with Crippen LogP contribution in [0.2, 0.25) is 0 Å². The van der Waals surface area contributed by atoms with E-state index in [-0.39, 0.29) is 0 Å². The van der Waals surface area contributed by atoms with E-state index >= 15 is 0 Å². The molecule has 1 fully saturated rings. The van der Waals surface area contributed by atoms with Crippen LogP contribution in [0.15, 0.2) is 17.5 Å². The fourth-order valence-electron chi connectivity index (χ4n) is 3.26. The van der Waals surface area contributed by atoms with Crippen molar-refractivity contribution in [3.8, 4) is 0 Å². The number of likely N-dealkylation sites (N-methyl/N-ethyl adjacent to an activating group) is 1. The first-order valence-corrected chi connectivity index (χ1v) is 9.06. The fraction of sp³-hybridized carbons (Fsp3) is 0.765. The van der Waals surface area contributed by atoms with Crippen LogP contribution in [0, 0.1) is 0 Å². The molecule has 0 bridgehead atoms. The van der Waals surface area contributed by atoms with Gasteiger partial charge in [0, 0.05) is 23.0 Å². The van der Waals surface area contributed by atoms with Crippen molar-refractivity contribution in [2.75, 3.05) is 13.6 Å². The normalized spacial score (nSPS) is 25.0. The molecule has 1 aromatic rings. The first-order valence-electron chi connectivity index (χ1n) is 8.18. The highest BCUT2D eigenvalue weighted by atomic mass is 32.1. The molecule has 3 heteroatoms. The summed E-state index contributed by atoms with van der Waals surface area (Å²) < 4.78 is 0. The summed E-state index contributed by atoms with van der Waals surface area (Å²) in [5, 5.41) is 5.87. The minimum absolute atomic E-state index is 0.652. The molecule has 20 heavy (non-hydrogen) atoms. The lowest BCUT2D eigenvalue weighted by atomic mass is 9.89. The van der Waals surface area contributed by atoms with Gasteiger partial charge in [0.15, 0.2) is 0 Å². The Bertz CT molecular complexity index is 355. The van der Waals surface area contributed by atoms with Crippen LogP contribution in [-0.4, -0.2) is 36.6 Å². The van der Waals surface area contributed by atoms with Gasteiger partial charge in [-0.05, 0) is 70.5 Å². The summed E-state index contributed by atoms with van der Waals surface area (Å²) >= 11 is 1.89. The Kier molecular flexibility index (Phi) is 6.53. The van der Waals surface area contributed by atoms with E-state index in [0.29, 0.717) is 6.04 Å². The van der Waals surface area contributed by atoms with Gasteiger partial charge in [0.25, 0.3) is 0 Å². The van der Waals surface area contributed by atoms with Crippen LogP contribution in [0.1, 0.15) is 50.8 Å². The van der Waals surface area contributed by atoms with Gasteiger partial charge < -0.3 is 10.2 Å². The van der Waals surface area contributed by atoms with Gasteiger partial charge in [-0.15, -0.1) is 11.3 Å². The molecule has 0 aromatic carbocycles. The predicted octanol–water partition coefficient (Wildman–Crippen LogP) is 3.92. The Hall–Kier alpha value is -0.380. The van der Waals surface area contributed by atoms with Crippen LogP contribution in [0.25, 0.3) is 0 Å². The van der Waals surface area contributed by atoms with E-state index in [0.717, 1.165) is 12.1 Å². The summed E-state index contributed by atoms with van der Waals surface area (Å²) in [7, 11) is 2.32. The molecule has 0 amide bonds. The summed E-state index contributed by atoms with van der Waals surface area (Å²) in [6, 6.07) is 6.63. The van der Waals surface area contributed by atoms with E-state index in [1.54, 1.807) is 0 Å². The van der Waals surface area contributed by atoms with E-state index in [1.165, 1.54) is 49.9 Å². The standard InChI is InChI=1S/C17H30N2S/c1-4-11-18-15-7-9-16(10-8-15)19(3)14(2)13-17-6-5-12-20-17/h5-6,12,14-16,18H,4,7-11,13H2,1-3H3. The predicted molar refractivity (Wildman–Crippen MR) is 89.6 cm³/mol. The molecule has 1 N–H and O–H groups in total. The van der Waals surface area contributed by atoms with Gasteiger partial charge in [0.05, 0.1) is 0 Å². The molecule has 1 aromatic heterocycles. The first-order chi connectivity index (χ1) is 9.70. The second-order valence-corrected chi connectivity index (χ2v) is 7.29. The summed E-state index contributed by atoms with van der Waals surface area (Å²) in [4.78, 5) is 4.14. The molecule has 0 radical (unpaired) electrons. The Balaban J connectivity index is 1.74. The van der Waals surface area contributed by atoms with Crippen LogP contribution in [0.4, 0.5) is 0 Å². The SMILES string of the molecule is CCCNC1CCC(N(C)C(C)Cc2cccs2)CC1. The third kappa shape index (κ3) is 4.57. The fourth-order valence-corrected chi connectivity index (χ4v) is 4.09. The molecule has 1 heterocycles. The zero-order valence-electron chi connectivity index (χ0n) is 13.3.